The summed E-state index contributed by atoms with van der Waals surface area (Å²) >= 11 is 1.49. The molecule has 108 valence electrons. The zero-order valence-electron chi connectivity index (χ0n) is 12.3. The van der Waals surface area contributed by atoms with Gasteiger partial charge in [0.2, 0.25) is 0 Å². The summed E-state index contributed by atoms with van der Waals surface area (Å²) in [4.78, 5) is 4.52. The fourth-order valence-corrected chi connectivity index (χ4v) is 2.59. The molecule has 0 radical (unpaired) electrons. The maximum Gasteiger partial charge on any atom is 0.146 e. The van der Waals surface area contributed by atoms with E-state index in [0.29, 0.717) is 11.4 Å². The molecule has 1 aromatic rings. The maximum atomic E-state index is 9.53. The number of anilines is 1. The van der Waals surface area contributed by atoms with Crippen LogP contribution in [0.3, 0.4) is 0 Å². The fraction of sp³-hybridized carbons (Fsp3) is 0.250. The van der Waals surface area contributed by atoms with Crippen molar-refractivity contribution in [1.29, 1.82) is 5.26 Å². The van der Waals surface area contributed by atoms with E-state index in [2.05, 4.69) is 21.7 Å². The largest absolute Gasteiger partial charge is 0.349 e. The predicted molar refractivity (Wildman–Crippen MR) is 89.8 cm³/mol. The van der Waals surface area contributed by atoms with E-state index in [1.165, 1.54) is 11.8 Å². The number of amidine groups is 1. The maximum absolute atomic E-state index is 9.53. The van der Waals surface area contributed by atoms with Gasteiger partial charge in [-0.1, -0.05) is 30.0 Å². The number of thioether (sulfide) groups is 1. The summed E-state index contributed by atoms with van der Waals surface area (Å²) in [7, 11) is 0. The first kappa shape index (κ1) is 15.2. The van der Waals surface area contributed by atoms with Crippen LogP contribution in [-0.2, 0) is 0 Å². The van der Waals surface area contributed by atoms with Gasteiger partial charge in [-0.2, -0.15) is 5.26 Å². The van der Waals surface area contributed by atoms with Gasteiger partial charge < -0.3 is 10.6 Å². The van der Waals surface area contributed by atoms with Crippen molar-refractivity contribution in [2.45, 2.75) is 26.8 Å². The summed E-state index contributed by atoms with van der Waals surface area (Å²) in [6.07, 6.45) is 0. The lowest BCUT2D eigenvalue weighted by Gasteiger charge is -2.12. The smallest absolute Gasteiger partial charge is 0.146 e. The van der Waals surface area contributed by atoms with Crippen molar-refractivity contribution in [1.82, 2.24) is 5.32 Å². The molecular weight excluding hydrogens is 280 g/mol. The minimum absolute atomic E-state index is 0.115. The number of nitrogens with one attached hydrogen (secondary N) is 2. The number of aliphatic imine (C=N–C) groups is 1. The van der Waals surface area contributed by atoms with Crippen LogP contribution in [0.5, 0.6) is 0 Å². The molecule has 1 aliphatic rings. The predicted octanol–water partition coefficient (Wildman–Crippen LogP) is 3.84. The number of nitrogens with zero attached hydrogens (tertiary/aromatic N) is 2. The highest BCUT2D eigenvalue weighted by Gasteiger charge is 2.18. The minimum Gasteiger partial charge on any atom is -0.349 e. The highest BCUT2D eigenvalue weighted by Crippen LogP contribution is 2.27. The second-order valence-corrected chi connectivity index (χ2v) is 5.80. The van der Waals surface area contributed by atoms with Gasteiger partial charge in [-0.25, -0.2) is 0 Å². The second kappa shape index (κ2) is 7.00. The molecule has 4 nitrogen and oxygen atoms in total. The number of nitriles is 1. The normalized spacial score (nSPS) is 17.1. The van der Waals surface area contributed by atoms with E-state index >= 15 is 0 Å². The zero-order valence-corrected chi connectivity index (χ0v) is 13.2. The van der Waals surface area contributed by atoms with E-state index in [4.69, 9.17) is 0 Å². The molecule has 1 aliphatic heterocycles. The first-order valence-electron chi connectivity index (χ1n) is 6.75. The zero-order chi connectivity index (χ0) is 15.2. The third-order valence-corrected chi connectivity index (χ3v) is 3.68. The van der Waals surface area contributed by atoms with Crippen molar-refractivity contribution < 1.29 is 0 Å². The standard InChI is InChI=1S/C16H18N4S/c1-11(2)18-15-14(9-17)16(21-10-12(3)19-15)20-13-7-5-4-6-8-13/h4-8,10-11,20H,1-3H3,(H,18,19). The van der Waals surface area contributed by atoms with E-state index in [1.54, 1.807) is 0 Å². The number of benzene rings is 1. The highest BCUT2D eigenvalue weighted by molar-refractivity contribution is 8.06. The van der Waals surface area contributed by atoms with Crippen molar-refractivity contribution in [3.63, 3.8) is 0 Å². The Morgan fingerprint density at radius 1 is 1.29 bits per heavy atom. The summed E-state index contributed by atoms with van der Waals surface area (Å²) < 4.78 is 0. The number of hydrogen-bond acceptors (Lipinski definition) is 4. The van der Waals surface area contributed by atoms with Gasteiger partial charge in [-0.05, 0) is 38.3 Å². The summed E-state index contributed by atoms with van der Waals surface area (Å²) in [6.45, 7) is 5.94. The van der Waals surface area contributed by atoms with Crippen LogP contribution < -0.4 is 10.6 Å². The molecular formula is C16H18N4S. The molecule has 0 amide bonds. The number of para-hydroxylation sites is 1. The average molecular weight is 298 g/mol. The Labute approximate surface area is 129 Å². The molecule has 0 spiro atoms. The molecule has 0 saturated carbocycles. The molecule has 0 atom stereocenters. The third-order valence-electron chi connectivity index (χ3n) is 2.66. The molecule has 5 heteroatoms. The average Bonchev–Trinajstić information content (AvgIpc) is 2.58. The summed E-state index contributed by atoms with van der Waals surface area (Å²) in [6, 6.07) is 12.2. The Morgan fingerprint density at radius 3 is 2.62 bits per heavy atom. The molecule has 0 unspecified atom stereocenters. The molecule has 1 aromatic carbocycles. The summed E-state index contributed by atoms with van der Waals surface area (Å²) in [5, 5.41) is 18.8. The van der Waals surface area contributed by atoms with Gasteiger partial charge in [0.05, 0.1) is 5.03 Å². The van der Waals surface area contributed by atoms with Crippen LogP contribution in [0.4, 0.5) is 5.69 Å². The summed E-state index contributed by atoms with van der Waals surface area (Å²) in [5.74, 6) is 0.615. The SMILES string of the molecule is CC1=CSC(Nc2ccccc2)=C(C#N)C(=NC(C)C)N1. The van der Waals surface area contributed by atoms with E-state index < -0.39 is 0 Å². The van der Waals surface area contributed by atoms with Crippen LogP contribution in [0.1, 0.15) is 20.8 Å². The summed E-state index contributed by atoms with van der Waals surface area (Å²) in [5.41, 5.74) is 2.45. The van der Waals surface area contributed by atoms with Crippen LogP contribution in [0.25, 0.3) is 0 Å². The molecule has 2 N–H and O–H groups in total. The van der Waals surface area contributed by atoms with Gasteiger partial charge in [-0.15, -0.1) is 0 Å². The van der Waals surface area contributed by atoms with Crippen LogP contribution >= 0.6 is 11.8 Å². The van der Waals surface area contributed by atoms with E-state index in [1.807, 2.05) is 56.5 Å². The lowest BCUT2D eigenvalue weighted by Crippen LogP contribution is -2.24. The van der Waals surface area contributed by atoms with Crippen LogP contribution in [0.2, 0.25) is 0 Å². The van der Waals surface area contributed by atoms with Crippen molar-refractivity contribution in [3.8, 4) is 6.07 Å². The molecule has 21 heavy (non-hydrogen) atoms. The molecule has 0 fully saturated rings. The molecule has 0 aliphatic carbocycles. The molecule has 0 saturated heterocycles. The van der Waals surface area contributed by atoms with Crippen LogP contribution in [-0.4, -0.2) is 11.9 Å². The number of rotatable bonds is 3. The monoisotopic (exact) mass is 298 g/mol. The topological polar surface area (TPSA) is 60.2 Å². The van der Waals surface area contributed by atoms with Gasteiger partial charge in [-0.3, -0.25) is 4.99 Å². The first-order chi connectivity index (χ1) is 10.1. The lowest BCUT2D eigenvalue weighted by molar-refractivity contribution is 0.827. The van der Waals surface area contributed by atoms with Crippen molar-refractivity contribution in [2.75, 3.05) is 5.32 Å². The Morgan fingerprint density at radius 2 is 2.00 bits per heavy atom. The highest BCUT2D eigenvalue weighted by atomic mass is 32.2. The van der Waals surface area contributed by atoms with Gasteiger partial charge >= 0.3 is 0 Å². The van der Waals surface area contributed by atoms with Crippen molar-refractivity contribution >= 4 is 23.3 Å². The minimum atomic E-state index is 0.115. The quantitative estimate of drug-likeness (QED) is 0.890. The van der Waals surface area contributed by atoms with Gasteiger partial charge in [0.15, 0.2) is 0 Å². The second-order valence-electron chi connectivity index (χ2n) is 4.92. The Hall–Kier alpha value is -2.19. The Kier molecular flexibility index (Phi) is 5.07. The molecule has 0 bridgehead atoms. The van der Waals surface area contributed by atoms with Crippen molar-refractivity contribution in [3.05, 3.63) is 52.0 Å². The Bertz CT molecular complexity index is 636. The molecule has 0 aromatic heterocycles. The van der Waals surface area contributed by atoms with E-state index in [9.17, 15) is 5.26 Å². The van der Waals surface area contributed by atoms with E-state index in [0.717, 1.165) is 16.4 Å². The van der Waals surface area contributed by atoms with Crippen LogP contribution in [0, 0.1) is 11.3 Å². The molecule has 2 rings (SSSR count). The van der Waals surface area contributed by atoms with E-state index in [-0.39, 0.29) is 6.04 Å². The van der Waals surface area contributed by atoms with Gasteiger partial charge in [0.1, 0.15) is 17.5 Å². The fourth-order valence-electron chi connectivity index (χ4n) is 1.80. The van der Waals surface area contributed by atoms with Crippen molar-refractivity contribution in [2.24, 2.45) is 4.99 Å². The molecule has 1 heterocycles. The Balaban J connectivity index is 2.42. The third kappa shape index (κ3) is 4.14. The van der Waals surface area contributed by atoms with Gasteiger partial charge in [0.25, 0.3) is 0 Å². The number of allylic oxidation sites excluding steroid dienone is 1. The first-order valence-corrected chi connectivity index (χ1v) is 7.63. The van der Waals surface area contributed by atoms with Crippen LogP contribution in [0.15, 0.2) is 57.0 Å². The van der Waals surface area contributed by atoms with Gasteiger partial charge in [0, 0.05) is 17.4 Å². The number of hydrogen-bond donors (Lipinski definition) is 2. The lowest BCUT2D eigenvalue weighted by atomic mass is 10.2.